The predicted molar refractivity (Wildman–Crippen MR) is 111 cm³/mol. The molecule has 1 amide bonds. The van der Waals surface area contributed by atoms with Crippen molar-refractivity contribution >= 4 is 12.2 Å². The summed E-state index contributed by atoms with van der Waals surface area (Å²) < 4.78 is 7.65. The molecule has 1 aromatic heterocycles. The number of nitrogens with zero attached hydrogens (tertiary/aromatic N) is 2. The SMILES string of the molecule is C/C(C=O)=C\Cn1ncc(C(=O)NC2C3CC4CC(C3)CC2C4)c1OCC(C)C. The molecule has 0 radical (unpaired) electrons. The Morgan fingerprint density at radius 1 is 1.24 bits per heavy atom. The second-order valence-corrected chi connectivity index (χ2v) is 9.75. The molecule has 4 aliphatic carbocycles. The van der Waals surface area contributed by atoms with Crippen molar-refractivity contribution < 1.29 is 14.3 Å². The van der Waals surface area contributed by atoms with Gasteiger partial charge < -0.3 is 10.1 Å². The van der Waals surface area contributed by atoms with E-state index in [1.807, 2.05) is 0 Å². The fraction of sp³-hybridized carbons (Fsp3) is 0.696. The van der Waals surface area contributed by atoms with E-state index >= 15 is 0 Å². The first-order valence-electron chi connectivity index (χ1n) is 11.1. The molecule has 4 bridgehead atoms. The van der Waals surface area contributed by atoms with Gasteiger partial charge in [-0.2, -0.15) is 5.10 Å². The molecule has 4 saturated carbocycles. The summed E-state index contributed by atoms with van der Waals surface area (Å²) in [6.07, 6.45) is 10.7. The van der Waals surface area contributed by atoms with Crippen LogP contribution in [0.4, 0.5) is 0 Å². The molecule has 158 valence electrons. The van der Waals surface area contributed by atoms with Crippen molar-refractivity contribution in [2.24, 2.45) is 29.6 Å². The molecule has 5 rings (SSSR count). The Labute approximate surface area is 173 Å². The zero-order valence-corrected chi connectivity index (χ0v) is 17.8. The number of aldehydes is 1. The average Bonchev–Trinajstić information content (AvgIpc) is 3.09. The maximum absolute atomic E-state index is 13.2. The summed E-state index contributed by atoms with van der Waals surface area (Å²) in [6, 6.07) is 0.286. The van der Waals surface area contributed by atoms with E-state index in [-0.39, 0.29) is 11.9 Å². The highest BCUT2D eigenvalue weighted by Crippen LogP contribution is 2.53. The Balaban J connectivity index is 1.51. The normalized spacial score (nSPS) is 30.6. The summed E-state index contributed by atoms with van der Waals surface area (Å²) in [4.78, 5) is 24.1. The summed E-state index contributed by atoms with van der Waals surface area (Å²) in [6.45, 7) is 6.83. The van der Waals surface area contributed by atoms with Crippen LogP contribution in [0.25, 0.3) is 0 Å². The molecular weight excluding hydrogens is 366 g/mol. The van der Waals surface area contributed by atoms with Gasteiger partial charge in [-0.1, -0.05) is 19.9 Å². The van der Waals surface area contributed by atoms with Gasteiger partial charge in [-0.25, -0.2) is 4.68 Å². The molecule has 6 nitrogen and oxygen atoms in total. The number of nitrogens with one attached hydrogen (secondary N) is 1. The average molecular weight is 400 g/mol. The summed E-state index contributed by atoms with van der Waals surface area (Å²) in [5, 5.41) is 7.73. The molecular formula is C23H33N3O3. The Bertz CT molecular complexity index is 767. The Kier molecular flexibility index (Phi) is 5.79. The van der Waals surface area contributed by atoms with Crippen LogP contribution in [0.1, 0.15) is 63.2 Å². The van der Waals surface area contributed by atoms with Gasteiger partial charge in [0, 0.05) is 6.04 Å². The van der Waals surface area contributed by atoms with Gasteiger partial charge in [-0.3, -0.25) is 9.59 Å². The minimum absolute atomic E-state index is 0.0800. The molecule has 0 saturated heterocycles. The summed E-state index contributed by atoms with van der Waals surface area (Å²) in [7, 11) is 0. The number of carbonyl (C=O) groups is 2. The van der Waals surface area contributed by atoms with Crippen LogP contribution in [0.15, 0.2) is 17.8 Å². The van der Waals surface area contributed by atoms with Crippen LogP contribution in [0.3, 0.4) is 0 Å². The van der Waals surface area contributed by atoms with Gasteiger partial charge in [-0.05, 0) is 74.2 Å². The van der Waals surface area contributed by atoms with Gasteiger partial charge in [0.15, 0.2) is 0 Å². The lowest BCUT2D eigenvalue weighted by Gasteiger charge is -2.54. The van der Waals surface area contributed by atoms with E-state index < -0.39 is 0 Å². The summed E-state index contributed by atoms with van der Waals surface area (Å²) in [5.41, 5.74) is 1.13. The molecule has 0 aromatic carbocycles. The lowest BCUT2D eigenvalue weighted by Crippen LogP contribution is -2.55. The van der Waals surface area contributed by atoms with Gasteiger partial charge in [0.2, 0.25) is 5.88 Å². The molecule has 6 heteroatoms. The number of aromatic nitrogens is 2. The van der Waals surface area contributed by atoms with E-state index in [2.05, 4.69) is 24.3 Å². The molecule has 0 atom stereocenters. The van der Waals surface area contributed by atoms with Crippen molar-refractivity contribution in [1.82, 2.24) is 15.1 Å². The van der Waals surface area contributed by atoms with E-state index in [1.54, 1.807) is 23.9 Å². The molecule has 1 heterocycles. The third kappa shape index (κ3) is 4.26. The second kappa shape index (κ2) is 8.33. The van der Waals surface area contributed by atoms with Crippen molar-refractivity contribution in [3.8, 4) is 5.88 Å². The zero-order chi connectivity index (χ0) is 20.5. The molecule has 29 heavy (non-hydrogen) atoms. The summed E-state index contributed by atoms with van der Waals surface area (Å²) >= 11 is 0. The molecule has 1 aromatic rings. The number of hydrogen-bond donors (Lipinski definition) is 1. The van der Waals surface area contributed by atoms with Crippen molar-refractivity contribution in [2.45, 2.75) is 65.5 Å². The van der Waals surface area contributed by atoms with Crippen molar-refractivity contribution in [3.05, 3.63) is 23.4 Å². The number of allylic oxidation sites excluding steroid dienone is 2. The van der Waals surface area contributed by atoms with Crippen LogP contribution in [-0.4, -0.2) is 34.6 Å². The van der Waals surface area contributed by atoms with E-state index in [4.69, 9.17) is 4.74 Å². The van der Waals surface area contributed by atoms with Crippen molar-refractivity contribution in [1.29, 1.82) is 0 Å². The Morgan fingerprint density at radius 2 is 1.90 bits per heavy atom. The minimum Gasteiger partial charge on any atom is -0.477 e. The van der Waals surface area contributed by atoms with Crippen LogP contribution >= 0.6 is 0 Å². The standard InChI is InChI=1S/C23H33N3O3/c1-14(2)13-29-23-20(11-24-26(23)5-4-15(3)12-27)22(28)25-21-18-7-16-6-17(9-18)10-19(21)8-16/h4,11-12,14,16-19,21H,5-10,13H2,1-3H3,(H,25,28)/b15-4+. The zero-order valence-electron chi connectivity index (χ0n) is 17.8. The topological polar surface area (TPSA) is 73.2 Å². The van der Waals surface area contributed by atoms with E-state index in [9.17, 15) is 9.59 Å². The highest BCUT2D eigenvalue weighted by Gasteiger charge is 2.48. The number of hydrogen-bond acceptors (Lipinski definition) is 4. The lowest BCUT2D eigenvalue weighted by atomic mass is 9.54. The quantitative estimate of drug-likeness (QED) is 0.535. The van der Waals surface area contributed by atoms with E-state index in [0.717, 1.165) is 18.1 Å². The van der Waals surface area contributed by atoms with Crippen LogP contribution < -0.4 is 10.1 Å². The third-order valence-corrected chi connectivity index (χ3v) is 6.89. The number of ether oxygens (including phenoxy) is 1. The number of amides is 1. The van der Waals surface area contributed by atoms with Crippen LogP contribution in [0.5, 0.6) is 5.88 Å². The first kappa shape index (κ1) is 20.2. The number of carbonyl (C=O) groups excluding carboxylic acids is 2. The highest BCUT2D eigenvalue weighted by atomic mass is 16.5. The number of rotatable bonds is 8. The van der Waals surface area contributed by atoms with Crippen LogP contribution in [-0.2, 0) is 11.3 Å². The third-order valence-electron chi connectivity index (χ3n) is 6.89. The molecule has 0 spiro atoms. The van der Waals surface area contributed by atoms with Gasteiger partial charge in [0.1, 0.15) is 11.8 Å². The monoisotopic (exact) mass is 399 g/mol. The summed E-state index contributed by atoms with van der Waals surface area (Å²) in [5.74, 6) is 3.77. The van der Waals surface area contributed by atoms with Gasteiger partial charge in [0.05, 0.1) is 19.3 Å². The first-order valence-corrected chi connectivity index (χ1v) is 11.1. The minimum atomic E-state index is -0.0800. The molecule has 4 fully saturated rings. The lowest BCUT2D eigenvalue weighted by molar-refractivity contribution is -0.104. The fourth-order valence-corrected chi connectivity index (χ4v) is 5.73. The first-order chi connectivity index (χ1) is 13.9. The maximum atomic E-state index is 13.2. The molecule has 0 unspecified atom stereocenters. The molecule has 1 N–H and O–H groups in total. The predicted octanol–water partition coefficient (Wildman–Crippen LogP) is 3.62. The van der Waals surface area contributed by atoms with Gasteiger partial charge in [0.25, 0.3) is 5.91 Å². The van der Waals surface area contributed by atoms with Crippen LogP contribution in [0.2, 0.25) is 0 Å². The molecule has 4 aliphatic rings. The van der Waals surface area contributed by atoms with Gasteiger partial charge >= 0.3 is 0 Å². The smallest absolute Gasteiger partial charge is 0.258 e. The van der Waals surface area contributed by atoms with E-state index in [0.29, 0.717) is 47.9 Å². The highest BCUT2D eigenvalue weighted by molar-refractivity contribution is 5.96. The Morgan fingerprint density at radius 3 is 2.48 bits per heavy atom. The molecule has 0 aliphatic heterocycles. The second-order valence-electron chi connectivity index (χ2n) is 9.75. The Hall–Kier alpha value is -2.11. The van der Waals surface area contributed by atoms with E-state index in [1.165, 1.54) is 32.1 Å². The van der Waals surface area contributed by atoms with Crippen molar-refractivity contribution in [2.75, 3.05) is 6.61 Å². The largest absolute Gasteiger partial charge is 0.477 e. The maximum Gasteiger partial charge on any atom is 0.258 e. The van der Waals surface area contributed by atoms with Crippen molar-refractivity contribution in [3.63, 3.8) is 0 Å². The van der Waals surface area contributed by atoms with Crippen LogP contribution in [0, 0.1) is 29.6 Å². The van der Waals surface area contributed by atoms with Gasteiger partial charge in [-0.15, -0.1) is 0 Å². The fourth-order valence-electron chi connectivity index (χ4n) is 5.73.